The highest BCUT2D eigenvalue weighted by Crippen LogP contribution is 2.30. The molecule has 0 saturated carbocycles. The number of halogens is 3. The Bertz CT molecular complexity index is 572. The third-order valence-corrected chi connectivity index (χ3v) is 2.77. The van der Waals surface area contributed by atoms with Crippen LogP contribution < -0.4 is 0 Å². The van der Waals surface area contributed by atoms with E-state index in [0.29, 0.717) is 0 Å². The van der Waals surface area contributed by atoms with Gasteiger partial charge in [-0.3, -0.25) is 0 Å². The van der Waals surface area contributed by atoms with E-state index in [1.165, 1.54) is 16.8 Å². The first-order chi connectivity index (χ1) is 8.00. The molecule has 0 aliphatic heterocycles. The van der Waals surface area contributed by atoms with Gasteiger partial charge in [-0.05, 0) is 24.3 Å². The van der Waals surface area contributed by atoms with Crippen molar-refractivity contribution in [1.82, 2.24) is 4.57 Å². The van der Waals surface area contributed by atoms with Gasteiger partial charge in [0.15, 0.2) is 0 Å². The first-order valence-electron chi connectivity index (χ1n) is 4.56. The minimum absolute atomic E-state index is 0.000378. The number of carboxylic acid groups (broad SMARTS) is 1. The molecule has 88 valence electrons. The van der Waals surface area contributed by atoms with Gasteiger partial charge in [-0.25, -0.2) is 9.18 Å². The maximum absolute atomic E-state index is 13.0. The van der Waals surface area contributed by atoms with Crippen LogP contribution in [0.15, 0.2) is 30.5 Å². The van der Waals surface area contributed by atoms with Crippen molar-refractivity contribution in [3.05, 3.63) is 52.0 Å². The summed E-state index contributed by atoms with van der Waals surface area (Å²) >= 11 is 11.7. The Labute approximate surface area is 106 Å². The van der Waals surface area contributed by atoms with E-state index in [9.17, 15) is 9.18 Å². The topological polar surface area (TPSA) is 42.2 Å². The average Bonchev–Trinajstić information content (AvgIpc) is 2.64. The molecule has 0 atom stereocenters. The van der Waals surface area contributed by atoms with Crippen molar-refractivity contribution < 1.29 is 14.3 Å². The normalized spacial score (nSPS) is 10.5. The highest BCUT2D eigenvalue weighted by Gasteiger charge is 2.16. The van der Waals surface area contributed by atoms with Gasteiger partial charge in [-0.1, -0.05) is 23.2 Å². The summed E-state index contributed by atoms with van der Waals surface area (Å²) in [5.74, 6) is -1.70. The Kier molecular flexibility index (Phi) is 3.09. The molecule has 0 bridgehead atoms. The molecule has 2 rings (SSSR count). The third kappa shape index (κ3) is 2.14. The zero-order valence-corrected chi connectivity index (χ0v) is 9.84. The van der Waals surface area contributed by atoms with Crippen molar-refractivity contribution >= 4 is 29.2 Å². The molecule has 0 aliphatic carbocycles. The van der Waals surface area contributed by atoms with E-state index in [0.717, 1.165) is 12.1 Å². The summed E-state index contributed by atoms with van der Waals surface area (Å²) in [4.78, 5) is 11.0. The fourth-order valence-corrected chi connectivity index (χ4v) is 2.16. The van der Waals surface area contributed by atoms with E-state index in [-0.39, 0.29) is 21.4 Å². The maximum atomic E-state index is 13.0. The summed E-state index contributed by atoms with van der Waals surface area (Å²) < 4.78 is 14.3. The molecule has 6 heteroatoms. The molecule has 0 spiro atoms. The van der Waals surface area contributed by atoms with Crippen LogP contribution in [0, 0.1) is 5.82 Å². The molecule has 1 aromatic heterocycles. The van der Waals surface area contributed by atoms with Crippen LogP contribution in [0.1, 0.15) is 10.5 Å². The first kappa shape index (κ1) is 12.0. The van der Waals surface area contributed by atoms with E-state index < -0.39 is 11.8 Å². The lowest BCUT2D eigenvalue weighted by Crippen LogP contribution is -2.06. The summed E-state index contributed by atoms with van der Waals surface area (Å²) in [6.45, 7) is 0. The molecule has 0 fully saturated rings. The summed E-state index contributed by atoms with van der Waals surface area (Å²) in [6.07, 6.45) is 1.49. The highest BCUT2D eigenvalue weighted by molar-refractivity contribution is 6.37. The van der Waals surface area contributed by atoms with Gasteiger partial charge in [-0.15, -0.1) is 0 Å². The van der Waals surface area contributed by atoms with Crippen LogP contribution in [0.25, 0.3) is 5.69 Å². The molecule has 0 unspecified atom stereocenters. The number of carbonyl (C=O) groups is 1. The van der Waals surface area contributed by atoms with E-state index in [1.54, 1.807) is 6.07 Å². The van der Waals surface area contributed by atoms with Gasteiger partial charge in [-0.2, -0.15) is 0 Å². The number of hydrogen-bond donors (Lipinski definition) is 1. The van der Waals surface area contributed by atoms with Crippen molar-refractivity contribution in [2.45, 2.75) is 0 Å². The van der Waals surface area contributed by atoms with Crippen LogP contribution in [-0.4, -0.2) is 15.6 Å². The summed E-state index contributed by atoms with van der Waals surface area (Å²) in [5.41, 5.74) is 0.248. The first-order valence-corrected chi connectivity index (χ1v) is 5.32. The monoisotopic (exact) mass is 273 g/mol. The van der Waals surface area contributed by atoms with Crippen LogP contribution in [0.2, 0.25) is 10.0 Å². The number of aromatic carboxylic acids is 1. The SMILES string of the molecule is O=C(O)c1cccn1-c1c(Cl)cc(F)cc1Cl. The molecule has 0 saturated heterocycles. The van der Waals surface area contributed by atoms with Gasteiger partial charge >= 0.3 is 5.97 Å². The summed E-state index contributed by atoms with van der Waals surface area (Å²) in [6, 6.07) is 5.10. The Hall–Kier alpha value is -1.52. The molecule has 17 heavy (non-hydrogen) atoms. The quantitative estimate of drug-likeness (QED) is 0.908. The zero-order valence-electron chi connectivity index (χ0n) is 8.32. The molecule has 1 heterocycles. The average molecular weight is 274 g/mol. The lowest BCUT2D eigenvalue weighted by Gasteiger charge is -2.10. The van der Waals surface area contributed by atoms with Crippen molar-refractivity contribution in [3.63, 3.8) is 0 Å². The second-order valence-corrected chi connectivity index (χ2v) is 4.10. The van der Waals surface area contributed by atoms with E-state index in [1.807, 2.05) is 0 Å². The molecule has 0 radical (unpaired) electrons. The van der Waals surface area contributed by atoms with Gasteiger partial charge < -0.3 is 9.67 Å². The lowest BCUT2D eigenvalue weighted by atomic mass is 10.3. The van der Waals surface area contributed by atoms with Gasteiger partial charge in [0.2, 0.25) is 0 Å². The van der Waals surface area contributed by atoms with Crippen molar-refractivity contribution in [1.29, 1.82) is 0 Å². The number of aromatic nitrogens is 1. The maximum Gasteiger partial charge on any atom is 0.352 e. The highest BCUT2D eigenvalue weighted by atomic mass is 35.5. The van der Waals surface area contributed by atoms with Crippen LogP contribution in [0.5, 0.6) is 0 Å². The van der Waals surface area contributed by atoms with Crippen LogP contribution in [0.4, 0.5) is 4.39 Å². The van der Waals surface area contributed by atoms with Gasteiger partial charge in [0.1, 0.15) is 11.5 Å². The molecule has 0 aliphatic rings. The van der Waals surface area contributed by atoms with E-state index in [4.69, 9.17) is 28.3 Å². The Morgan fingerprint density at radius 1 is 1.29 bits per heavy atom. The number of carboxylic acids is 1. The molecule has 2 aromatic rings. The Balaban J connectivity index is 2.69. The number of benzene rings is 1. The summed E-state index contributed by atoms with van der Waals surface area (Å²) in [7, 11) is 0. The molecular formula is C11H6Cl2FNO2. The largest absolute Gasteiger partial charge is 0.477 e. The fraction of sp³-hybridized carbons (Fsp3) is 0. The number of hydrogen-bond acceptors (Lipinski definition) is 1. The molecule has 0 amide bonds. The third-order valence-electron chi connectivity index (χ3n) is 2.19. The minimum atomic E-state index is -1.12. The fourth-order valence-electron chi connectivity index (χ4n) is 1.51. The number of nitrogens with zero attached hydrogens (tertiary/aromatic N) is 1. The van der Waals surface area contributed by atoms with Gasteiger partial charge in [0.25, 0.3) is 0 Å². The second-order valence-electron chi connectivity index (χ2n) is 3.29. The smallest absolute Gasteiger partial charge is 0.352 e. The second kappa shape index (κ2) is 4.39. The Morgan fingerprint density at radius 2 is 1.88 bits per heavy atom. The van der Waals surface area contributed by atoms with Crippen molar-refractivity contribution in [2.24, 2.45) is 0 Å². The van der Waals surface area contributed by atoms with Crippen LogP contribution in [-0.2, 0) is 0 Å². The predicted molar refractivity (Wildman–Crippen MR) is 62.7 cm³/mol. The van der Waals surface area contributed by atoms with Crippen LogP contribution in [0.3, 0.4) is 0 Å². The molecule has 1 N–H and O–H groups in total. The number of rotatable bonds is 2. The van der Waals surface area contributed by atoms with E-state index in [2.05, 4.69) is 0 Å². The van der Waals surface area contributed by atoms with Crippen molar-refractivity contribution in [2.75, 3.05) is 0 Å². The lowest BCUT2D eigenvalue weighted by molar-refractivity contribution is 0.0688. The minimum Gasteiger partial charge on any atom is -0.477 e. The van der Waals surface area contributed by atoms with Crippen LogP contribution >= 0.6 is 23.2 Å². The van der Waals surface area contributed by atoms with Crippen molar-refractivity contribution in [3.8, 4) is 5.69 Å². The Morgan fingerprint density at radius 3 is 2.41 bits per heavy atom. The summed E-state index contributed by atoms with van der Waals surface area (Å²) in [5, 5.41) is 9.07. The molecule has 1 aromatic carbocycles. The zero-order chi connectivity index (χ0) is 12.6. The molecular weight excluding hydrogens is 268 g/mol. The van der Waals surface area contributed by atoms with E-state index >= 15 is 0 Å². The van der Waals surface area contributed by atoms with Gasteiger partial charge in [0, 0.05) is 6.20 Å². The predicted octanol–water partition coefficient (Wildman–Crippen LogP) is 3.62. The van der Waals surface area contributed by atoms with Gasteiger partial charge in [0.05, 0.1) is 15.7 Å². The molecule has 3 nitrogen and oxygen atoms in total. The standard InChI is InChI=1S/C11H6Cl2FNO2/c12-7-4-6(14)5-8(13)10(7)15-3-1-2-9(15)11(16)17/h1-5H,(H,16,17).